The molecule has 0 unspecified atom stereocenters. The highest BCUT2D eigenvalue weighted by molar-refractivity contribution is 7.98. The highest BCUT2D eigenvalue weighted by atomic mass is 32.2. The summed E-state index contributed by atoms with van der Waals surface area (Å²) in [4.78, 5) is 4.58. The van der Waals surface area contributed by atoms with Gasteiger partial charge in [-0.2, -0.15) is 0 Å². The van der Waals surface area contributed by atoms with Gasteiger partial charge in [0.25, 0.3) is 0 Å². The number of benzene rings is 1. The van der Waals surface area contributed by atoms with Gasteiger partial charge in [0, 0.05) is 16.7 Å². The van der Waals surface area contributed by atoms with Crippen LogP contribution in [0.4, 0.5) is 0 Å². The molecule has 0 aliphatic carbocycles. The van der Waals surface area contributed by atoms with E-state index in [9.17, 15) is 0 Å². The van der Waals surface area contributed by atoms with Gasteiger partial charge in [-0.1, -0.05) is 41.6 Å². The van der Waals surface area contributed by atoms with Gasteiger partial charge >= 0.3 is 0 Å². The lowest BCUT2D eigenvalue weighted by molar-refractivity contribution is 0.581. The van der Waals surface area contributed by atoms with E-state index in [2.05, 4.69) is 15.2 Å². The number of aryl methyl sites for hydroxylation is 1. The summed E-state index contributed by atoms with van der Waals surface area (Å²) in [6.07, 6.45) is 1.65. The average molecular weight is 369 g/mol. The minimum absolute atomic E-state index is 0.650. The Bertz CT molecular complexity index is 973. The van der Waals surface area contributed by atoms with Crippen LogP contribution in [0.3, 0.4) is 0 Å². The van der Waals surface area contributed by atoms with Crippen molar-refractivity contribution in [2.45, 2.75) is 17.8 Å². The third kappa shape index (κ3) is 3.31. The van der Waals surface area contributed by atoms with Gasteiger partial charge in [0.2, 0.25) is 5.16 Å². The van der Waals surface area contributed by atoms with Crippen molar-refractivity contribution in [2.75, 3.05) is 5.84 Å². The number of hydrogen-bond acceptors (Lipinski definition) is 7. The van der Waals surface area contributed by atoms with Crippen LogP contribution >= 0.6 is 23.1 Å². The second-order valence-corrected chi connectivity index (χ2v) is 7.25. The van der Waals surface area contributed by atoms with Crippen molar-refractivity contribution < 1.29 is 4.42 Å². The van der Waals surface area contributed by atoms with Crippen molar-refractivity contribution in [1.82, 2.24) is 19.9 Å². The molecule has 1 aromatic carbocycles. The van der Waals surface area contributed by atoms with Gasteiger partial charge < -0.3 is 10.3 Å². The van der Waals surface area contributed by atoms with E-state index >= 15 is 0 Å². The first kappa shape index (κ1) is 15.9. The van der Waals surface area contributed by atoms with E-state index in [0.717, 1.165) is 22.0 Å². The molecule has 0 aliphatic heterocycles. The Kier molecular flexibility index (Phi) is 4.29. The second-order valence-electron chi connectivity index (χ2n) is 5.45. The van der Waals surface area contributed by atoms with Gasteiger partial charge in [0.15, 0.2) is 16.6 Å². The normalized spacial score (nSPS) is 11.1. The van der Waals surface area contributed by atoms with Crippen LogP contribution in [-0.4, -0.2) is 19.9 Å². The summed E-state index contributed by atoms with van der Waals surface area (Å²) >= 11 is 3.07. The van der Waals surface area contributed by atoms with Crippen LogP contribution in [-0.2, 0) is 5.75 Å². The summed E-state index contributed by atoms with van der Waals surface area (Å²) in [7, 11) is 0. The molecule has 8 heteroatoms. The summed E-state index contributed by atoms with van der Waals surface area (Å²) in [5.41, 5.74) is 3.10. The monoisotopic (exact) mass is 369 g/mol. The van der Waals surface area contributed by atoms with Crippen LogP contribution in [0.5, 0.6) is 0 Å². The molecule has 4 rings (SSSR count). The molecule has 0 amide bonds. The predicted octanol–water partition coefficient (Wildman–Crippen LogP) is 3.98. The molecule has 0 saturated heterocycles. The Morgan fingerprint density at radius 1 is 1.20 bits per heavy atom. The zero-order valence-corrected chi connectivity index (χ0v) is 15.0. The van der Waals surface area contributed by atoms with Crippen LogP contribution in [0.25, 0.3) is 22.2 Å². The Labute approximate surface area is 152 Å². The molecule has 0 bridgehead atoms. The van der Waals surface area contributed by atoms with E-state index in [4.69, 9.17) is 10.3 Å². The SMILES string of the molecule is Cc1ccc(-c2nnc(SCc3csc(-c4ccco4)n3)n2N)cc1. The number of rotatable bonds is 5. The summed E-state index contributed by atoms with van der Waals surface area (Å²) in [5.74, 6) is 8.26. The van der Waals surface area contributed by atoms with Crippen LogP contribution in [0, 0.1) is 6.92 Å². The molecule has 0 atom stereocenters. The van der Waals surface area contributed by atoms with E-state index < -0.39 is 0 Å². The molecule has 0 aliphatic rings. The third-order valence-corrected chi connectivity index (χ3v) is 5.49. The van der Waals surface area contributed by atoms with Gasteiger partial charge in [-0.15, -0.1) is 21.5 Å². The lowest BCUT2D eigenvalue weighted by Gasteiger charge is -2.03. The molecule has 126 valence electrons. The Balaban J connectivity index is 1.48. The van der Waals surface area contributed by atoms with Gasteiger partial charge in [-0.05, 0) is 19.1 Å². The minimum Gasteiger partial charge on any atom is -0.462 e. The molecule has 25 heavy (non-hydrogen) atoms. The lowest BCUT2D eigenvalue weighted by atomic mass is 10.1. The predicted molar refractivity (Wildman–Crippen MR) is 99.7 cm³/mol. The van der Waals surface area contributed by atoms with Crippen LogP contribution in [0.1, 0.15) is 11.3 Å². The number of nitrogens with zero attached hydrogens (tertiary/aromatic N) is 4. The van der Waals surface area contributed by atoms with Crippen molar-refractivity contribution in [3.05, 3.63) is 59.3 Å². The standard InChI is InChI=1S/C17H15N5OS2/c1-11-4-6-12(7-5-11)15-20-21-17(22(15)18)25-10-13-9-24-16(19-13)14-3-2-8-23-14/h2-9H,10,18H2,1H3. The maximum atomic E-state index is 6.16. The van der Waals surface area contributed by atoms with Crippen molar-refractivity contribution in [3.8, 4) is 22.2 Å². The fraction of sp³-hybridized carbons (Fsp3) is 0.118. The van der Waals surface area contributed by atoms with Gasteiger partial charge in [-0.25, -0.2) is 9.66 Å². The molecule has 3 heterocycles. The molecule has 0 radical (unpaired) electrons. The summed E-state index contributed by atoms with van der Waals surface area (Å²) in [6, 6.07) is 11.8. The van der Waals surface area contributed by atoms with Crippen molar-refractivity contribution in [2.24, 2.45) is 0 Å². The number of nitrogen functional groups attached to an aromatic ring is 1. The van der Waals surface area contributed by atoms with Gasteiger partial charge in [-0.3, -0.25) is 0 Å². The molecule has 2 N–H and O–H groups in total. The quantitative estimate of drug-likeness (QED) is 0.423. The topological polar surface area (TPSA) is 82.8 Å². The fourth-order valence-corrected chi connectivity index (χ4v) is 3.94. The zero-order chi connectivity index (χ0) is 17.2. The maximum absolute atomic E-state index is 6.16. The second kappa shape index (κ2) is 6.73. The number of hydrogen-bond donors (Lipinski definition) is 1. The van der Waals surface area contributed by atoms with Gasteiger partial charge in [0.05, 0.1) is 12.0 Å². The van der Waals surface area contributed by atoms with E-state index in [1.165, 1.54) is 22.0 Å². The largest absolute Gasteiger partial charge is 0.462 e. The Morgan fingerprint density at radius 2 is 2.04 bits per heavy atom. The van der Waals surface area contributed by atoms with E-state index in [-0.39, 0.29) is 0 Å². The molecule has 0 saturated carbocycles. The number of thiazole rings is 1. The minimum atomic E-state index is 0.650. The molecule has 0 fully saturated rings. The lowest BCUT2D eigenvalue weighted by Crippen LogP contribution is -2.11. The summed E-state index contributed by atoms with van der Waals surface area (Å²) in [5, 5.41) is 11.9. The average Bonchev–Trinajstić information content (AvgIpc) is 3.35. The fourth-order valence-electron chi connectivity index (χ4n) is 2.30. The van der Waals surface area contributed by atoms with Crippen molar-refractivity contribution in [1.29, 1.82) is 0 Å². The molecule has 6 nitrogen and oxygen atoms in total. The number of thioether (sulfide) groups is 1. The van der Waals surface area contributed by atoms with Crippen LogP contribution < -0.4 is 5.84 Å². The third-order valence-electron chi connectivity index (χ3n) is 3.61. The van der Waals surface area contributed by atoms with Crippen LogP contribution in [0.2, 0.25) is 0 Å². The summed E-state index contributed by atoms with van der Waals surface area (Å²) in [6.45, 7) is 2.04. The molecular weight excluding hydrogens is 354 g/mol. The van der Waals surface area contributed by atoms with Crippen molar-refractivity contribution >= 4 is 23.1 Å². The maximum Gasteiger partial charge on any atom is 0.210 e. The number of nitrogens with two attached hydrogens (primary N) is 1. The molecule has 0 spiro atoms. The molecule has 4 aromatic rings. The molecule has 3 aromatic heterocycles. The smallest absolute Gasteiger partial charge is 0.210 e. The first-order chi connectivity index (χ1) is 12.2. The Morgan fingerprint density at radius 3 is 2.80 bits per heavy atom. The summed E-state index contributed by atoms with van der Waals surface area (Å²) < 4.78 is 6.89. The first-order valence-corrected chi connectivity index (χ1v) is 9.46. The Hall–Kier alpha value is -2.58. The van der Waals surface area contributed by atoms with Crippen LogP contribution in [0.15, 0.2) is 57.6 Å². The number of furan rings is 1. The van der Waals surface area contributed by atoms with Crippen molar-refractivity contribution in [3.63, 3.8) is 0 Å². The van der Waals surface area contributed by atoms with E-state index in [1.54, 1.807) is 17.6 Å². The zero-order valence-electron chi connectivity index (χ0n) is 13.4. The molecular formula is C17H15N5OS2. The highest BCUT2D eigenvalue weighted by Gasteiger charge is 2.13. The van der Waals surface area contributed by atoms with Gasteiger partial charge in [0.1, 0.15) is 0 Å². The number of aromatic nitrogens is 4. The first-order valence-electron chi connectivity index (χ1n) is 7.59. The highest BCUT2D eigenvalue weighted by Crippen LogP contribution is 2.28. The van der Waals surface area contributed by atoms with E-state index in [1.807, 2.05) is 48.7 Å². The van der Waals surface area contributed by atoms with E-state index in [0.29, 0.717) is 16.7 Å².